The zero-order chi connectivity index (χ0) is 12.9. The summed E-state index contributed by atoms with van der Waals surface area (Å²) < 4.78 is 17.7. The Morgan fingerprint density at radius 1 is 0.765 bits per heavy atom. The molecule has 2 aliphatic rings. The standard InChI is InChI=1S/2C4H4O3.BH2O2/c2*5-4-3-6-1-2-7-4;2-1-3/h2*1-3,5H;2-3H. The molecule has 0 saturated heterocycles. The van der Waals surface area contributed by atoms with Crippen molar-refractivity contribution >= 4 is 7.69 Å². The van der Waals surface area contributed by atoms with E-state index in [-0.39, 0.29) is 19.6 Å². The molecule has 0 fully saturated rings. The van der Waals surface area contributed by atoms with Crippen LogP contribution in [0.3, 0.4) is 0 Å². The molecule has 17 heavy (non-hydrogen) atoms. The first-order chi connectivity index (χ1) is 8.20. The molecule has 0 aromatic rings. The summed E-state index contributed by atoms with van der Waals surface area (Å²) in [6.07, 6.45) is 7.32. The largest absolute Gasteiger partial charge is 0.482 e. The Kier molecular flexibility index (Phi) is 8.91. The first-order valence-corrected chi connectivity index (χ1v) is 4.03. The highest BCUT2D eigenvalue weighted by Gasteiger charge is 1.92. The third kappa shape index (κ3) is 10.0. The van der Waals surface area contributed by atoms with Gasteiger partial charge in [0, 0.05) is 0 Å². The van der Waals surface area contributed by atoms with E-state index in [4.69, 9.17) is 20.3 Å². The predicted molar refractivity (Wildman–Crippen MR) is 54.2 cm³/mol. The van der Waals surface area contributed by atoms with Crippen LogP contribution in [0.5, 0.6) is 0 Å². The molecule has 0 amide bonds. The Labute approximate surface area is 97.2 Å². The molecule has 0 atom stereocenters. The average molecular weight is 245 g/mol. The van der Waals surface area contributed by atoms with Crippen LogP contribution in [0.1, 0.15) is 0 Å². The van der Waals surface area contributed by atoms with Gasteiger partial charge >= 0.3 is 19.6 Å². The maximum Gasteiger partial charge on any atom is 0.482 e. The fourth-order valence-electron chi connectivity index (χ4n) is 0.510. The SMILES string of the molecule is OC1=COC=CO1.OC1=COC=CO1.O[B]O. The second kappa shape index (κ2) is 10.3. The van der Waals surface area contributed by atoms with E-state index < -0.39 is 0 Å². The molecule has 1 radical (unpaired) electrons. The van der Waals surface area contributed by atoms with Crippen molar-refractivity contribution in [3.05, 3.63) is 49.5 Å². The van der Waals surface area contributed by atoms with Crippen molar-refractivity contribution in [1.29, 1.82) is 0 Å². The lowest BCUT2D eigenvalue weighted by molar-refractivity contribution is 0.126. The molecular formula is C8H10BO8. The van der Waals surface area contributed by atoms with Crippen molar-refractivity contribution in [1.82, 2.24) is 0 Å². The third-order valence-corrected chi connectivity index (χ3v) is 0.984. The van der Waals surface area contributed by atoms with Gasteiger partial charge < -0.3 is 39.2 Å². The Morgan fingerprint density at radius 3 is 1.24 bits per heavy atom. The number of rotatable bonds is 0. The highest BCUT2D eigenvalue weighted by Crippen LogP contribution is 1.99. The number of aliphatic hydroxyl groups excluding tert-OH is 2. The number of aliphatic hydroxyl groups is 2. The van der Waals surface area contributed by atoms with Gasteiger partial charge in [0.25, 0.3) is 0 Å². The molecule has 0 aliphatic carbocycles. The van der Waals surface area contributed by atoms with Crippen molar-refractivity contribution in [3.63, 3.8) is 0 Å². The molecule has 2 rings (SSSR count). The van der Waals surface area contributed by atoms with Crippen molar-refractivity contribution in [2.75, 3.05) is 0 Å². The van der Waals surface area contributed by atoms with Gasteiger partial charge in [-0.3, -0.25) is 0 Å². The molecule has 93 valence electrons. The average Bonchev–Trinajstić information content (AvgIpc) is 2.33. The van der Waals surface area contributed by atoms with Gasteiger partial charge in [0.15, 0.2) is 12.5 Å². The van der Waals surface area contributed by atoms with Crippen molar-refractivity contribution in [2.45, 2.75) is 0 Å². The highest BCUT2D eigenvalue weighted by molar-refractivity contribution is 6.13. The van der Waals surface area contributed by atoms with Crippen LogP contribution in [0.4, 0.5) is 0 Å². The molecule has 8 nitrogen and oxygen atoms in total. The minimum absolute atomic E-state index is 0. The maximum absolute atomic E-state index is 8.37. The van der Waals surface area contributed by atoms with Gasteiger partial charge in [-0.05, 0) is 0 Å². The molecule has 4 N–H and O–H groups in total. The zero-order valence-corrected chi connectivity index (χ0v) is 8.46. The zero-order valence-electron chi connectivity index (χ0n) is 8.46. The van der Waals surface area contributed by atoms with Gasteiger partial charge in [-0.15, -0.1) is 0 Å². The van der Waals surface area contributed by atoms with Gasteiger partial charge in [0.05, 0.1) is 0 Å². The number of ether oxygens (including phenoxy) is 4. The summed E-state index contributed by atoms with van der Waals surface area (Å²) in [5.41, 5.74) is 0. The van der Waals surface area contributed by atoms with Gasteiger partial charge in [-0.25, -0.2) is 0 Å². The second-order valence-corrected chi connectivity index (χ2v) is 2.08. The Bertz CT molecular complexity index is 279. The van der Waals surface area contributed by atoms with E-state index in [1.54, 1.807) is 0 Å². The fraction of sp³-hybridized carbons (Fsp3) is 0. The summed E-state index contributed by atoms with van der Waals surface area (Å²) in [5.74, 6) is -0.440. The summed E-state index contributed by atoms with van der Waals surface area (Å²) in [7, 11) is 0. The smallest absolute Gasteiger partial charge is 0.478 e. The van der Waals surface area contributed by atoms with E-state index in [0.717, 1.165) is 12.5 Å². The quantitative estimate of drug-likeness (QED) is 0.448. The summed E-state index contributed by atoms with van der Waals surface area (Å²) >= 11 is 0. The number of hydrogen-bond donors (Lipinski definition) is 4. The lowest BCUT2D eigenvalue weighted by atomic mass is 10.5. The lowest BCUT2D eigenvalue weighted by Gasteiger charge is -2.00. The van der Waals surface area contributed by atoms with Crippen molar-refractivity contribution in [2.24, 2.45) is 0 Å². The van der Waals surface area contributed by atoms with Crippen LogP contribution in [0.15, 0.2) is 49.5 Å². The van der Waals surface area contributed by atoms with Crippen LogP contribution in [0.2, 0.25) is 0 Å². The van der Waals surface area contributed by atoms with E-state index in [9.17, 15) is 0 Å². The van der Waals surface area contributed by atoms with Crippen LogP contribution < -0.4 is 0 Å². The Morgan fingerprint density at radius 2 is 1.12 bits per heavy atom. The van der Waals surface area contributed by atoms with E-state index in [1.807, 2.05) is 0 Å². The summed E-state index contributed by atoms with van der Waals surface area (Å²) in [6.45, 7) is 0. The number of hydrogen-bond acceptors (Lipinski definition) is 8. The van der Waals surface area contributed by atoms with Crippen molar-refractivity contribution < 1.29 is 39.2 Å². The van der Waals surface area contributed by atoms with Crippen LogP contribution >= 0.6 is 0 Å². The molecule has 0 aromatic heterocycles. The minimum atomic E-state index is -0.220. The molecule has 0 bridgehead atoms. The van der Waals surface area contributed by atoms with Gasteiger partial charge in [0.1, 0.15) is 25.0 Å². The molecule has 0 unspecified atom stereocenters. The van der Waals surface area contributed by atoms with Gasteiger partial charge in [-0.1, -0.05) is 0 Å². The molecular weight excluding hydrogens is 235 g/mol. The first kappa shape index (κ1) is 14.7. The minimum Gasteiger partial charge on any atom is -0.478 e. The second-order valence-electron chi connectivity index (χ2n) is 2.08. The third-order valence-electron chi connectivity index (χ3n) is 0.984. The monoisotopic (exact) mass is 245 g/mol. The van der Waals surface area contributed by atoms with E-state index >= 15 is 0 Å². The van der Waals surface area contributed by atoms with Crippen molar-refractivity contribution in [3.8, 4) is 0 Å². The summed E-state index contributed by atoms with van der Waals surface area (Å²) in [4.78, 5) is 0. The highest BCUT2D eigenvalue weighted by atomic mass is 16.6. The van der Waals surface area contributed by atoms with E-state index in [1.165, 1.54) is 25.0 Å². The van der Waals surface area contributed by atoms with Crippen LogP contribution in [-0.2, 0) is 18.9 Å². The Hall–Kier alpha value is -2.26. The Balaban J connectivity index is 0.000000247. The van der Waals surface area contributed by atoms with E-state index in [0.29, 0.717) is 0 Å². The predicted octanol–water partition coefficient (Wildman–Crippen LogP) is 0.228. The van der Waals surface area contributed by atoms with E-state index in [2.05, 4.69) is 18.9 Å². The van der Waals surface area contributed by atoms with Gasteiger partial charge in [0.2, 0.25) is 0 Å². The molecule has 0 spiro atoms. The van der Waals surface area contributed by atoms with Crippen LogP contribution in [0.25, 0.3) is 0 Å². The van der Waals surface area contributed by atoms with Crippen LogP contribution in [0, 0.1) is 0 Å². The lowest BCUT2D eigenvalue weighted by Crippen LogP contribution is -1.87. The summed E-state index contributed by atoms with van der Waals surface area (Å²) in [6, 6.07) is 0. The fourth-order valence-corrected chi connectivity index (χ4v) is 0.510. The normalized spacial score (nSPS) is 14.7. The topological polar surface area (TPSA) is 118 Å². The molecule has 2 aliphatic heterocycles. The first-order valence-electron chi connectivity index (χ1n) is 4.03. The summed E-state index contributed by atoms with van der Waals surface area (Å²) in [5, 5.41) is 30.7. The molecule has 0 saturated carbocycles. The molecule has 9 heteroatoms. The molecule has 0 aromatic carbocycles. The van der Waals surface area contributed by atoms with Gasteiger partial charge in [-0.2, -0.15) is 0 Å². The molecule has 2 heterocycles. The van der Waals surface area contributed by atoms with Crippen LogP contribution in [-0.4, -0.2) is 27.9 Å². The maximum atomic E-state index is 8.37.